The lowest BCUT2D eigenvalue weighted by molar-refractivity contribution is 0.185. The van der Waals surface area contributed by atoms with E-state index in [2.05, 4.69) is 50.5 Å². The third-order valence-electron chi connectivity index (χ3n) is 3.00. The van der Waals surface area contributed by atoms with E-state index in [-0.39, 0.29) is 6.61 Å². The van der Waals surface area contributed by atoms with Gasteiger partial charge in [-0.15, -0.1) is 11.3 Å². The van der Waals surface area contributed by atoms with Gasteiger partial charge >= 0.3 is 0 Å². The first kappa shape index (κ1) is 15.5. The van der Waals surface area contributed by atoms with E-state index in [0.717, 1.165) is 23.3 Å². The zero-order chi connectivity index (χ0) is 14.4. The summed E-state index contributed by atoms with van der Waals surface area (Å²) in [5.74, 6) is 0.834. The number of thiophene rings is 1. The Kier molecular flexibility index (Phi) is 6.04. The number of hydrogen-bond donors (Lipinski definition) is 1. The van der Waals surface area contributed by atoms with Crippen LogP contribution >= 0.6 is 27.3 Å². The SMILES string of the molecule is COc1ccc(CN(CCO)Cc2cccs2)cc1Br. The molecular formula is C15H18BrNO2S. The topological polar surface area (TPSA) is 32.7 Å². The number of rotatable bonds is 7. The van der Waals surface area contributed by atoms with Gasteiger partial charge in [0.05, 0.1) is 18.2 Å². The highest BCUT2D eigenvalue weighted by Gasteiger charge is 2.09. The van der Waals surface area contributed by atoms with Gasteiger partial charge in [0.15, 0.2) is 0 Å². The molecular weight excluding hydrogens is 338 g/mol. The Labute approximate surface area is 131 Å². The van der Waals surface area contributed by atoms with Gasteiger partial charge in [-0.1, -0.05) is 12.1 Å². The number of aliphatic hydroxyl groups excluding tert-OH is 1. The van der Waals surface area contributed by atoms with E-state index >= 15 is 0 Å². The molecule has 3 nitrogen and oxygen atoms in total. The van der Waals surface area contributed by atoms with E-state index in [4.69, 9.17) is 4.74 Å². The standard InChI is InChI=1S/C15H18BrNO2S/c1-19-15-5-4-12(9-14(15)16)10-17(6-7-18)11-13-3-2-8-20-13/h2-5,8-9,18H,6-7,10-11H2,1H3. The Morgan fingerprint density at radius 1 is 1.30 bits per heavy atom. The molecule has 0 spiro atoms. The molecule has 0 atom stereocenters. The van der Waals surface area contributed by atoms with Crippen molar-refractivity contribution in [3.8, 4) is 5.75 Å². The Hall–Kier alpha value is -0.880. The minimum Gasteiger partial charge on any atom is -0.496 e. The first-order chi connectivity index (χ1) is 9.72. The van der Waals surface area contributed by atoms with Crippen LogP contribution in [-0.2, 0) is 13.1 Å². The molecule has 1 aromatic carbocycles. The van der Waals surface area contributed by atoms with Crippen molar-refractivity contribution in [1.29, 1.82) is 0 Å². The van der Waals surface area contributed by atoms with Crippen molar-refractivity contribution in [3.63, 3.8) is 0 Å². The summed E-state index contributed by atoms with van der Waals surface area (Å²) in [7, 11) is 1.66. The average Bonchev–Trinajstić information content (AvgIpc) is 2.92. The molecule has 0 amide bonds. The Morgan fingerprint density at radius 2 is 2.15 bits per heavy atom. The molecule has 1 heterocycles. The van der Waals surface area contributed by atoms with Gasteiger partial charge in [0, 0.05) is 24.5 Å². The van der Waals surface area contributed by atoms with E-state index in [1.54, 1.807) is 18.4 Å². The van der Waals surface area contributed by atoms with Gasteiger partial charge < -0.3 is 9.84 Å². The summed E-state index contributed by atoms with van der Waals surface area (Å²) >= 11 is 5.25. The highest BCUT2D eigenvalue weighted by molar-refractivity contribution is 9.10. The Morgan fingerprint density at radius 3 is 2.75 bits per heavy atom. The van der Waals surface area contributed by atoms with Crippen molar-refractivity contribution < 1.29 is 9.84 Å². The first-order valence-corrected chi connectivity index (χ1v) is 8.08. The number of nitrogens with zero attached hydrogens (tertiary/aromatic N) is 1. The number of aliphatic hydroxyl groups is 1. The van der Waals surface area contributed by atoms with Gasteiger partial charge in [-0.05, 0) is 45.1 Å². The lowest BCUT2D eigenvalue weighted by atomic mass is 10.2. The van der Waals surface area contributed by atoms with Gasteiger partial charge in [-0.2, -0.15) is 0 Å². The molecule has 0 fully saturated rings. The van der Waals surface area contributed by atoms with Crippen LogP contribution in [0.3, 0.4) is 0 Å². The molecule has 0 saturated carbocycles. The van der Waals surface area contributed by atoms with Crippen molar-refractivity contribution >= 4 is 27.3 Å². The van der Waals surface area contributed by atoms with Gasteiger partial charge in [-0.3, -0.25) is 4.90 Å². The van der Waals surface area contributed by atoms with Crippen LogP contribution in [0.25, 0.3) is 0 Å². The number of benzene rings is 1. The van der Waals surface area contributed by atoms with Crippen molar-refractivity contribution in [3.05, 3.63) is 50.6 Å². The molecule has 1 N–H and O–H groups in total. The molecule has 0 bridgehead atoms. The van der Waals surface area contributed by atoms with Crippen LogP contribution in [0.15, 0.2) is 40.2 Å². The minimum atomic E-state index is 0.169. The minimum absolute atomic E-state index is 0.169. The van der Waals surface area contributed by atoms with Gasteiger partial charge in [0.25, 0.3) is 0 Å². The summed E-state index contributed by atoms with van der Waals surface area (Å²) in [4.78, 5) is 3.55. The lowest BCUT2D eigenvalue weighted by Crippen LogP contribution is -2.25. The van der Waals surface area contributed by atoms with E-state index in [9.17, 15) is 5.11 Å². The zero-order valence-corrected chi connectivity index (χ0v) is 13.8. The molecule has 0 aliphatic heterocycles. The maximum Gasteiger partial charge on any atom is 0.133 e. The predicted molar refractivity (Wildman–Crippen MR) is 86.2 cm³/mol. The average molecular weight is 356 g/mol. The highest BCUT2D eigenvalue weighted by Crippen LogP contribution is 2.26. The second kappa shape index (κ2) is 7.78. The van der Waals surface area contributed by atoms with E-state index in [1.807, 2.05) is 6.07 Å². The number of ether oxygens (including phenoxy) is 1. The van der Waals surface area contributed by atoms with Crippen LogP contribution < -0.4 is 4.74 Å². The Bertz CT molecular complexity index is 531. The lowest BCUT2D eigenvalue weighted by Gasteiger charge is -2.21. The molecule has 2 rings (SSSR count). The molecule has 0 saturated heterocycles. The van der Waals surface area contributed by atoms with Gasteiger partial charge in [0.2, 0.25) is 0 Å². The maximum absolute atomic E-state index is 9.21. The third-order valence-corrected chi connectivity index (χ3v) is 4.48. The van der Waals surface area contributed by atoms with Crippen LogP contribution in [0.5, 0.6) is 5.75 Å². The van der Waals surface area contributed by atoms with Gasteiger partial charge in [0.1, 0.15) is 5.75 Å². The molecule has 0 aliphatic carbocycles. The normalized spacial score (nSPS) is 11.0. The van der Waals surface area contributed by atoms with E-state index in [0.29, 0.717) is 6.54 Å². The monoisotopic (exact) mass is 355 g/mol. The zero-order valence-electron chi connectivity index (χ0n) is 11.4. The fourth-order valence-electron chi connectivity index (χ4n) is 2.04. The molecule has 0 unspecified atom stereocenters. The fraction of sp³-hybridized carbons (Fsp3) is 0.333. The smallest absolute Gasteiger partial charge is 0.133 e. The number of halogens is 1. The molecule has 2 aromatic rings. The highest BCUT2D eigenvalue weighted by atomic mass is 79.9. The van der Waals surface area contributed by atoms with Crippen LogP contribution in [0, 0.1) is 0 Å². The van der Waals surface area contributed by atoms with Crippen LogP contribution in [0.1, 0.15) is 10.4 Å². The van der Waals surface area contributed by atoms with E-state index < -0.39 is 0 Å². The molecule has 20 heavy (non-hydrogen) atoms. The second-order valence-corrected chi connectivity index (χ2v) is 6.37. The number of hydrogen-bond acceptors (Lipinski definition) is 4. The Balaban J connectivity index is 2.05. The third kappa shape index (κ3) is 4.31. The maximum atomic E-state index is 9.21. The van der Waals surface area contributed by atoms with Gasteiger partial charge in [-0.25, -0.2) is 0 Å². The second-order valence-electron chi connectivity index (χ2n) is 4.48. The molecule has 5 heteroatoms. The summed E-state index contributed by atoms with van der Waals surface area (Å²) in [6.45, 7) is 2.51. The van der Waals surface area contributed by atoms with Crippen molar-refractivity contribution in [2.24, 2.45) is 0 Å². The predicted octanol–water partition coefficient (Wildman–Crippen LogP) is 3.51. The van der Waals surface area contributed by atoms with Crippen molar-refractivity contribution in [1.82, 2.24) is 4.90 Å². The molecule has 0 aliphatic rings. The first-order valence-electron chi connectivity index (χ1n) is 6.41. The van der Waals surface area contributed by atoms with Crippen LogP contribution in [-0.4, -0.2) is 30.3 Å². The summed E-state index contributed by atoms with van der Waals surface area (Å²) in [6, 6.07) is 10.3. The summed E-state index contributed by atoms with van der Waals surface area (Å²) < 4.78 is 6.19. The summed E-state index contributed by atoms with van der Waals surface area (Å²) in [5.41, 5.74) is 1.20. The van der Waals surface area contributed by atoms with Crippen LogP contribution in [0.2, 0.25) is 0 Å². The quantitative estimate of drug-likeness (QED) is 0.824. The molecule has 1 aromatic heterocycles. The summed E-state index contributed by atoms with van der Waals surface area (Å²) in [5, 5.41) is 11.3. The van der Waals surface area contributed by atoms with Crippen molar-refractivity contribution in [2.75, 3.05) is 20.3 Å². The molecule has 108 valence electrons. The largest absolute Gasteiger partial charge is 0.496 e. The van der Waals surface area contributed by atoms with E-state index in [1.165, 1.54) is 10.4 Å². The fourth-order valence-corrected chi connectivity index (χ4v) is 3.38. The number of methoxy groups -OCH3 is 1. The van der Waals surface area contributed by atoms with Crippen molar-refractivity contribution in [2.45, 2.75) is 13.1 Å². The van der Waals surface area contributed by atoms with Crippen LogP contribution in [0.4, 0.5) is 0 Å². The molecule has 0 radical (unpaired) electrons. The summed E-state index contributed by atoms with van der Waals surface area (Å²) in [6.07, 6.45) is 0.